The molecule has 11 heteroatoms. The zero-order chi connectivity index (χ0) is 15.5. The Bertz CT molecular complexity index is 760. The molecule has 2 rings (SSSR count). The quantitative estimate of drug-likeness (QED) is 0.742. The molecule has 0 aromatic carbocycles. The van der Waals surface area contributed by atoms with Crippen LogP contribution in [0.25, 0.3) is 0 Å². The van der Waals surface area contributed by atoms with Gasteiger partial charge in [-0.25, -0.2) is 18.4 Å². The van der Waals surface area contributed by atoms with E-state index in [4.69, 9.17) is 16.7 Å². The summed E-state index contributed by atoms with van der Waals surface area (Å²) in [7, 11) is -3.88. The number of nitrogens with zero attached hydrogens (tertiary/aromatic N) is 4. The molecular formula is C10H10ClN5O4S. The van der Waals surface area contributed by atoms with Gasteiger partial charge in [-0.3, -0.25) is 14.2 Å². The van der Waals surface area contributed by atoms with E-state index in [1.54, 1.807) is 0 Å². The van der Waals surface area contributed by atoms with E-state index in [1.165, 1.54) is 16.9 Å². The minimum absolute atomic E-state index is 0.0216. The van der Waals surface area contributed by atoms with E-state index in [-0.39, 0.29) is 28.8 Å². The molecule has 2 aromatic rings. The van der Waals surface area contributed by atoms with Crippen LogP contribution >= 0.6 is 11.6 Å². The lowest BCUT2D eigenvalue weighted by molar-refractivity contribution is -0.137. The highest BCUT2D eigenvalue weighted by Gasteiger charge is 2.17. The number of aliphatic carboxylic acids is 1. The number of carboxylic acids is 1. The summed E-state index contributed by atoms with van der Waals surface area (Å²) in [5, 5.41) is 12.4. The van der Waals surface area contributed by atoms with Crippen LogP contribution in [0.1, 0.15) is 6.42 Å². The molecule has 0 fully saturated rings. The highest BCUT2D eigenvalue weighted by atomic mass is 35.5. The predicted octanol–water partition coefficient (Wildman–Crippen LogP) is 0.602. The molecule has 2 N–H and O–H groups in total. The number of halogens is 1. The number of carboxylic acid groups (broad SMARTS) is 1. The van der Waals surface area contributed by atoms with Crippen molar-refractivity contribution in [3.63, 3.8) is 0 Å². The van der Waals surface area contributed by atoms with Gasteiger partial charge in [-0.15, -0.1) is 0 Å². The van der Waals surface area contributed by atoms with E-state index < -0.39 is 16.0 Å². The Morgan fingerprint density at radius 1 is 1.43 bits per heavy atom. The monoisotopic (exact) mass is 331 g/mol. The Balaban J connectivity index is 2.14. The molecule has 0 aliphatic carbocycles. The summed E-state index contributed by atoms with van der Waals surface area (Å²) in [6, 6.07) is 1.26. The second kappa shape index (κ2) is 6.06. The van der Waals surface area contributed by atoms with Gasteiger partial charge in [0.2, 0.25) is 0 Å². The molecule has 0 spiro atoms. The SMILES string of the molecule is O=C(O)CCn1cc(S(=O)(=O)Nc2cc(Cl)ncn2)cn1. The molecule has 2 heterocycles. The highest BCUT2D eigenvalue weighted by molar-refractivity contribution is 7.92. The Morgan fingerprint density at radius 3 is 2.86 bits per heavy atom. The van der Waals surface area contributed by atoms with Crippen LogP contribution in [-0.4, -0.2) is 39.2 Å². The first kappa shape index (κ1) is 15.2. The van der Waals surface area contributed by atoms with Crippen molar-refractivity contribution in [2.24, 2.45) is 0 Å². The molecule has 0 radical (unpaired) electrons. The fourth-order valence-electron chi connectivity index (χ4n) is 1.40. The van der Waals surface area contributed by atoms with Gasteiger partial charge < -0.3 is 5.11 Å². The van der Waals surface area contributed by atoms with Gasteiger partial charge in [-0.2, -0.15) is 5.10 Å². The van der Waals surface area contributed by atoms with Crippen LogP contribution in [0.4, 0.5) is 5.82 Å². The van der Waals surface area contributed by atoms with Crippen molar-refractivity contribution >= 4 is 33.4 Å². The number of hydrogen-bond acceptors (Lipinski definition) is 6. The minimum Gasteiger partial charge on any atom is -0.481 e. The van der Waals surface area contributed by atoms with Gasteiger partial charge in [0.25, 0.3) is 10.0 Å². The van der Waals surface area contributed by atoms with Crippen LogP contribution in [0.5, 0.6) is 0 Å². The van der Waals surface area contributed by atoms with E-state index in [2.05, 4.69) is 19.8 Å². The maximum atomic E-state index is 12.1. The normalized spacial score (nSPS) is 11.3. The molecular weight excluding hydrogens is 322 g/mol. The van der Waals surface area contributed by atoms with Crippen LogP contribution in [0.2, 0.25) is 5.15 Å². The molecule has 9 nitrogen and oxygen atoms in total. The number of anilines is 1. The standard InChI is InChI=1S/C10H10ClN5O4S/c11-8-3-9(13-6-12-8)15-21(19,20)7-4-14-16(5-7)2-1-10(17)18/h3-6H,1-2H2,(H,17,18)(H,12,13,15). The summed E-state index contributed by atoms with van der Waals surface area (Å²) < 4.78 is 27.6. The Kier molecular flexibility index (Phi) is 4.38. The predicted molar refractivity (Wildman–Crippen MR) is 72.3 cm³/mol. The highest BCUT2D eigenvalue weighted by Crippen LogP contribution is 2.15. The van der Waals surface area contributed by atoms with Crippen LogP contribution in [0.3, 0.4) is 0 Å². The number of carbonyl (C=O) groups is 1. The van der Waals surface area contributed by atoms with E-state index in [0.29, 0.717) is 0 Å². The Labute approximate surface area is 124 Å². The Morgan fingerprint density at radius 2 is 2.19 bits per heavy atom. The fraction of sp³-hybridized carbons (Fsp3) is 0.200. The molecule has 0 aliphatic heterocycles. The topological polar surface area (TPSA) is 127 Å². The molecule has 0 atom stereocenters. The van der Waals surface area contributed by atoms with Gasteiger partial charge in [-0.05, 0) is 0 Å². The molecule has 21 heavy (non-hydrogen) atoms. The minimum atomic E-state index is -3.88. The summed E-state index contributed by atoms with van der Waals surface area (Å²) in [6.07, 6.45) is 3.31. The summed E-state index contributed by atoms with van der Waals surface area (Å²) in [5.41, 5.74) is 0. The van der Waals surface area contributed by atoms with Crippen molar-refractivity contribution in [2.75, 3.05) is 4.72 Å². The second-order valence-electron chi connectivity index (χ2n) is 3.91. The maximum absolute atomic E-state index is 12.1. The number of aryl methyl sites for hydroxylation is 1. The third kappa shape index (κ3) is 4.13. The summed E-state index contributed by atoms with van der Waals surface area (Å²) >= 11 is 5.64. The second-order valence-corrected chi connectivity index (χ2v) is 5.98. The number of aromatic nitrogens is 4. The maximum Gasteiger partial charge on any atom is 0.305 e. The lowest BCUT2D eigenvalue weighted by atomic mass is 10.4. The van der Waals surface area contributed by atoms with Crippen LogP contribution in [0.15, 0.2) is 29.7 Å². The average Bonchev–Trinajstić information content (AvgIpc) is 2.85. The summed E-state index contributed by atoms with van der Waals surface area (Å²) in [6.45, 7) is 0.0736. The number of rotatable bonds is 6. The first-order chi connectivity index (χ1) is 9.87. The summed E-state index contributed by atoms with van der Waals surface area (Å²) in [5.74, 6) is -0.975. The van der Waals surface area contributed by atoms with Crippen molar-refractivity contribution in [1.82, 2.24) is 19.7 Å². The van der Waals surface area contributed by atoms with Crippen molar-refractivity contribution in [2.45, 2.75) is 17.9 Å². The molecule has 0 unspecified atom stereocenters. The number of sulfonamides is 1. The van der Waals surface area contributed by atoms with Crippen molar-refractivity contribution < 1.29 is 18.3 Å². The molecule has 2 aromatic heterocycles. The van der Waals surface area contributed by atoms with Crippen LogP contribution < -0.4 is 4.72 Å². The van der Waals surface area contributed by atoms with Crippen molar-refractivity contribution in [1.29, 1.82) is 0 Å². The van der Waals surface area contributed by atoms with Gasteiger partial charge in [0.15, 0.2) is 0 Å². The number of hydrogen-bond donors (Lipinski definition) is 2. The fourth-order valence-corrected chi connectivity index (χ4v) is 2.50. The van der Waals surface area contributed by atoms with Crippen molar-refractivity contribution in [3.8, 4) is 0 Å². The van der Waals surface area contributed by atoms with Gasteiger partial charge in [0.05, 0.1) is 19.2 Å². The zero-order valence-corrected chi connectivity index (χ0v) is 12.0. The lowest BCUT2D eigenvalue weighted by Gasteiger charge is -2.04. The lowest BCUT2D eigenvalue weighted by Crippen LogP contribution is -2.13. The van der Waals surface area contributed by atoms with Gasteiger partial charge >= 0.3 is 5.97 Å². The third-order valence-electron chi connectivity index (χ3n) is 2.35. The average molecular weight is 332 g/mol. The van der Waals surface area contributed by atoms with Gasteiger partial charge in [0.1, 0.15) is 22.2 Å². The van der Waals surface area contributed by atoms with Crippen LogP contribution in [0, 0.1) is 0 Å². The van der Waals surface area contributed by atoms with E-state index >= 15 is 0 Å². The molecule has 0 aliphatic rings. The van der Waals surface area contributed by atoms with Crippen molar-refractivity contribution in [3.05, 3.63) is 29.9 Å². The van der Waals surface area contributed by atoms with Crippen LogP contribution in [-0.2, 0) is 21.4 Å². The molecule has 0 bridgehead atoms. The first-order valence-electron chi connectivity index (χ1n) is 5.61. The molecule has 0 saturated heterocycles. The molecule has 0 saturated carbocycles. The molecule has 0 amide bonds. The summed E-state index contributed by atoms with van der Waals surface area (Å²) in [4.78, 5) is 17.7. The number of nitrogens with one attached hydrogen (secondary N) is 1. The molecule has 112 valence electrons. The van der Waals surface area contributed by atoms with E-state index in [9.17, 15) is 13.2 Å². The smallest absolute Gasteiger partial charge is 0.305 e. The van der Waals surface area contributed by atoms with E-state index in [0.717, 1.165) is 12.5 Å². The van der Waals surface area contributed by atoms with E-state index in [1.807, 2.05) is 0 Å². The van der Waals surface area contributed by atoms with Gasteiger partial charge in [-0.1, -0.05) is 11.6 Å². The largest absolute Gasteiger partial charge is 0.481 e. The third-order valence-corrected chi connectivity index (χ3v) is 3.86. The zero-order valence-electron chi connectivity index (χ0n) is 10.5. The first-order valence-corrected chi connectivity index (χ1v) is 7.47. The van der Waals surface area contributed by atoms with Gasteiger partial charge in [0, 0.05) is 12.3 Å². The Hall–Kier alpha value is -2.20.